The molecular weight excluding hydrogens is 330 g/mol. The predicted octanol–water partition coefficient (Wildman–Crippen LogP) is 3.11. The molecule has 3 aromatic rings. The van der Waals surface area contributed by atoms with Gasteiger partial charge >= 0.3 is 0 Å². The number of rotatable bonds is 6. The van der Waals surface area contributed by atoms with Crippen LogP contribution in [0.15, 0.2) is 54.7 Å². The molecule has 0 unspecified atom stereocenters. The van der Waals surface area contributed by atoms with Gasteiger partial charge in [0, 0.05) is 17.1 Å². The summed E-state index contributed by atoms with van der Waals surface area (Å²) in [6.45, 7) is 2.76. The van der Waals surface area contributed by atoms with Crippen LogP contribution in [-0.4, -0.2) is 23.0 Å². The zero-order chi connectivity index (χ0) is 18.5. The molecule has 0 aliphatic heterocycles. The molecule has 3 N–H and O–H groups in total. The van der Waals surface area contributed by atoms with Gasteiger partial charge in [0.15, 0.2) is 0 Å². The maximum Gasteiger partial charge on any atom is 0.267 e. The lowest BCUT2D eigenvalue weighted by molar-refractivity contribution is 0.0955. The van der Waals surface area contributed by atoms with E-state index in [0.29, 0.717) is 28.6 Å². The first kappa shape index (κ1) is 17.7. The third-order valence-corrected chi connectivity index (χ3v) is 4.17. The Labute approximate surface area is 151 Å². The summed E-state index contributed by atoms with van der Waals surface area (Å²) < 4.78 is 7.09. The van der Waals surface area contributed by atoms with Crippen molar-refractivity contribution in [2.24, 2.45) is 5.84 Å². The number of nitrogens with two attached hydrogens (primary N) is 1. The summed E-state index contributed by atoms with van der Waals surface area (Å²) in [4.78, 5) is 24.9. The Morgan fingerprint density at radius 1 is 1.12 bits per heavy atom. The average Bonchev–Trinajstić information content (AvgIpc) is 3.07. The third kappa shape index (κ3) is 3.45. The van der Waals surface area contributed by atoms with Crippen molar-refractivity contribution < 1.29 is 14.3 Å². The standard InChI is InChI=1S/C20H21N3O3/c1-2-3-12-26-15-10-8-14(9-11-15)20(25)23-13-17(19(24)22-21)16-6-4-5-7-18(16)23/h4-11,13H,2-3,12,21H2,1H3,(H,22,24). The van der Waals surface area contributed by atoms with Crippen LogP contribution < -0.4 is 16.0 Å². The number of hydrazine groups is 1. The van der Waals surface area contributed by atoms with Gasteiger partial charge in [-0.2, -0.15) is 0 Å². The van der Waals surface area contributed by atoms with E-state index in [1.54, 1.807) is 36.4 Å². The number of carbonyl (C=O) groups excluding carboxylic acids is 2. The lowest BCUT2D eigenvalue weighted by atomic mass is 10.1. The van der Waals surface area contributed by atoms with Gasteiger partial charge in [0.05, 0.1) is 17.7 Å². The topological polar surface area (TPSA) is 86.3 Å². The lowest BCUT2D eigenvalue weighted by Gasteiger charge is -2.07. The van der Waals surface area contributed by atoms with Crippen molar-refractivity contribution in [3.05, 3.63) is 65.9 Å². The van der Waals surface area contributed by atoms with Crippen LogP contribution in [0.5, 0.6) is 5.75 Å². The Bertz CT molecular complexity index is 929. The summed E-state index contributed by atoms with van der Waals surface area (Å²) in [7, 11) is 0. The predicted molar refractivity (Wildman–Crippen MR) is 100 cm³/mol. The Morgan fingerprint density at radius 2 is 1.85 bits per heavy atom. The number of unbranched alkanes of at least 4 members (excludes halogenated alkanes) is 1. The molecule has 1 heterocycles. The van der Waals surface area contributed by atoms with Crippen LogP contribution >= 0.6 is 0 Å². The molecular formula is C20H21N3O3. The Kier molecular flexibility index (Phi) is 5.34. The normalized spacial score (nSPS) is 10.7. The van der Waals surface area contributed by atoms with E-state index in [-0.39, 0.29) is 5.91 Å². The molecule has 1 amide bonds. The summed E-state index contributed by atoms with van der Waals surface area (Å²) in [5, 5.41) is 0.670. The highest BCUT2D eigenvalue weighted by Gasteiger charge is 2.18. The number of carbonyl (C=O) groups is 2. The maximum absolute atomic E-state index is 12.9. The molecule has 0 saturated heterocycles. The lowest BCUT2D eigenvalue weighted by Crippen LogP contribution is -2.29. The number of nitrogens with zero attached hydrogens (tertiary/aromatic N) is 1. The monoisotopic (exact) mass is 351 g/mol. The minimum absolute atomic E-state index is 0.225. The molecule has 0 aliphatic carbocycles. The van der Waals surface area contributed by atoms with E-state index in [2.05, 4.69) is 12.3 Å². The number of aromatic nitrogens is 1. The summed E-state index contributed by atoms with van der Waals surface area (Å²) in [5.41, 5.74) is 3.63. The fourth-order valence-corrected chi connectivity index (χ4v) is 2.77. The molecule has 0 bridgehead atoms. The van der Waals surface area contributed by atoms with Gasteiger partial charge in [-0.25, -0.2) is 5.84 Å². The molecule has 134 valence electrons. The number of hydrogen-bond acceptors (Lipinski definition) is 4. The van der Waals surface area contributed by atoms with Crippen LogP contribution in [0.3, 0.4) is 0 Å². The van der Waals surface area contributed by atoms with Gasteiger partial charge < -0.3 is 4.74 Å². The second kappa shape index (κ2) is 7.84. The minimum Gasteiger partial charge on any atom is -0.494 e. The molecule has 6 heteroatoms. The Balaban J connectivity index is 1.91. The number of hydrogen-bond donors (Lipinski definition) is 2. The van der Waals surface area contributed by atoms with E-state index in [0.717, 1.165) is 18.6 Å². The van der Waals surface area contributed by atoms with Gasteiger partial charge in [-0.15, -0.1) is 0 Å². The highest BCUT2D eigenvalue weighted by atomic mass is 16.5. The molecule has 3 rings (SSSR count). The van der Waals surface area contributed by atoms with Gasteiger partial charge in [0.1, 0.15) is 5.75 Å². The average molecular weight is 351 g/mol. The highest BCUT2D eigenvalue weighted by molar-refractivity contribution is 6.11. The van der Waals surface area contributed by atoms with Crippen LogP contribution in [0.4, 0.5) is 0 Å². The van der Waals surface area contributed by atoms with Crippen LogP contribution in [0.2, 0.25) is 0 Å². The van der Waals surface area contributed by atoms with Crippen LogP contribution in [0.25, 0.3) is 10.9 Å². The SMILES string of the molecule is CCCCOc1ccc(C(=O)n2cc(C(=O)NN)c3ccccc32)cc1. The molecule has 1 aromatic heterocycles. The van der Waals surface area contributed by atoms with Crippen molar-refractivity contribution >= 4 is 22.7 Å². The number of benzene rings is 2. The number of amides is 1. The minimum atomic E-state index is -0.438. The molecule has 0 atom stereocenters. The van der Waals surface area contributed by atoms with Gasteiger partial charge in [-0.3, -0.25) is 19.6 Å². The van der Waals surface area contributed by atoms with Crippen LogP contribution in [0.1, 0.15) is 40.5 Å². The quantitative estimate of drug-likeness (QED) is 0.309. The van der Waals surface area contributed by atoms with E-state index >= 15 is 0 Å². The zero-order valence-corrected chi connectivity index (χ0v) is 14.6. The first-order valence-electron chi connectivity index (χ1n) is 8.54. The Morgan fingerprint density at radius 3 is 2.54 bits per heavy atom. The van der Waals surface area contributed by atoms with Crippen molar-refractivity contribution in [3.8, 4) is 5.75 Å². The summed E-state index contributed by atoms with van der Waals surface area (Å²) >= 11 is 0. The smallest absolute Gasteiger partial charge is 0.267 e. The maximum atomic E-state index is 12.9. The van der Waals surface area contributed by atoms with Crippen molar-refractivity contribution in [3.63, 3.8) is 0 Å². The van der Waals surface area contributed by atoms with Gasteiger partial charge in [-0.1, -0.05) is 31.5 Å². The molecule has 0 fully saturated rings. The van der Waals surface area contributed by atoms with E-state index in [9.17, 15) is 9.59 Å². The molecule has 0 radical (unpaired) electrons. The van der Waals surface area contributed by atoms with E-state index in [4.69, 9.17) is 10.6 Å². The Hall–Kier alpha value is -3.12. The molecule has 2 aromatic carbocycles. The van der Waals surface area contributed by atoms with E-state index < -0.39 is 5.91 Å². The van der Waals surface area contributed by atoms with Gasteiger partial charge in [0.25, 0.3) is 11.8 Å². The highest BCUT2D eigenvalue weighted by Crippen LogP contribution is 2.23. The van der Waals surface area contributed by atoms with Gasteiger partial charge in [0.2, 0.25) is 0 Å². The molecule has 0 saturated carbocycles. The molecule has 0 aliphatic rings. The summed E-state index contributed by atoms with van der Waals surface area (Å²) in [5.74, 6) is 5.32. The summed E-state index contributed by atoms with van der Waals surface area (Å²) in [6, 6.07) is 14.2. The van der Waals surface area contributed by atoms with Gasteiger partial charge in [-0.05, 0) is 36.8 Å². The van der Waals surface area contributed by atoms with E-state index in [1.807, 2.05) is 12.1 Å². The molecule has 6 nitrogen and oxygen atoms in total. The van der Waals surface area contributed by atoms with Crippen LogP contribution in [-0.2, 0) is 0 Å². The molecule has 0 spiro atoms. The van der Waals surface area contributed by atoms with Crippen molar-refractivity contribution in [1.82, 2.24) is 9.99 Å². The fourth-order valence-electron chi connectivity index (χ4n) is 2.77. The van der Waals surface area contributed by atoms with Crippen LogP contribution in [0, 0.1) is 0 Å². The first-order valence-corrected chi connectivity index (χ1v) is 8.54. The van der Waals surface area contributed by atoms with Crippen molar-refractivity contribution in [2.45, 2.75) is 19.8 Å². The second-order valence-electron chi connectivity index (χ2n) is 5.93. The van der Waals surface area contributed by atoms with Crippen molar-refractivity contribution in [2.75, 3.05) is 6.61 Å². The zero-order valence-electron chi connectivity index (χ0n) is 14.6. The molecule has 26 heavy (non-hydrogen) atoms. The second-order valence-corrected chi connectivity index (χ2v) is 5.93. The number of fused-ring (bicyclic) bond motifs is 1. The number of nitrogens with one attached hydrogen (secondary N) is 1. The number of nitrogen functional groups attached to an aromatic ring is 1. The third-order valence-electron chi connectivity index (χ3n) is 4.17. The largest absolute Gasteiger partial charge is 0.494 e. The fraction of sp³-hybridized carbons (Fsp3) is 0.200. The summed E-state index contributed by atoms with van der Waals surface area (Å²) in [6.07, 6.45) is 3.57. The van der Waals surface area contributed by atoms with Crippen molar-refractivity contribution in [1.29, 1.82) is 0 Å². The number of para-hydroxylation sites is 1. The number of ether oxygens (including phenoxy) is 1. The first-order chi connectivity index (χ1) is 12.7. The van der Waals surface area contributed by atoms with E-state index in [1.165, 1.54) is 10.8 Å².